The summed E-state index contributed by atoms with van der Waals surface area (Å²) in [7, 11) is -1.06. The molecule has 1 aliphatic rings. The normalized spacial score (nSPS) is 23.7. The molecule has 0 amide bonds. The fourth-order valence-corrected chi connectivity index (χ4v) is 4.46. The van der Waals surface area contributed by atoms with Crippen molar-refractivity contribution >= 4 is 21.4 Å². The molecule has 106 valence electrons. The number of hydrogen-bond donors (Lipinski definition) is 1. The van der Waals surface area contributed by atoms with Crippen LogP contribution in [0.5, 0.6) is 0 Å². The van der Waals surface area contributed by atoms with E-state index < -0.39 is 15.9 Å². The van der Waals surface area contributed by atoms with Gasteiger partial charge < -0.3 is 5.11 Å². The van der Waals surface area contributed by atoms with Crippen molar-refractivity contribution in [1.29, 1.82) is 0 Å². The summed E-state index contributed by atoms with van der Waals surface area (Å²) in [5, 5.41) is 10.7. The SMILES string of the molecule is CN(CC(O)c1ccccc1Cl)C1CCS(=O)(=O)C1. The van der Waals surface area contributed by atoms with Crippen LogP contribution in [0.3, 0.4) is 0 Å². The molecule has 4 nitrogen and oxygen atoms in total. The second kappa shape index (κ2) is 5.79. The molecule has 2 atom stereocenters. The molecule has 0 bridgehead atoms. The van der Waals surface area contributed by atoms with Gasteiger partial charge in [0.25, 0.3) is 0 Å². The lowest BCUT2D eigenvalue weighted by Gasteiger charge is -2.26. The Bertz CT molecular complexity index is 547. The van der Waals surface area contributed by atoms with Gasteiger partial charge in [0.1, 0.15) is 0 Å². The maximum atomic E-state index is 11.4. The maximum absolute atomic E-state index is 11.4. The molecule has 1 heterocycles. The summed E-state index contributed by atoms with van der Waals surface area (Å²) in [5.41, 5.74) is 0.678. The van der Waals surface area contributed by atoms with Gasteiger partial charge in [0.15, 0.2) is 9.84 Å². The summed E-state index contributed by atoms with van der Waals surface area (Å²) in [6.45, 7) is 0.379. The monoisotopic (exact) mass is 303 g/mol. The summed E-state index contributed by atoms with van der Waals surface area (Å²) in [4.78, 5) is 1.90. The summed E-state index contributed by atoms with van der Waals surface area (Å²) in [5.74, 6) is 0.420. The van der Waals surface area contributed by atoms with Crippen molar-refractivity contribution in [3.8, 4) is 0 Å². The van der Waals surface area contributed by atoms with Crippen LogP contribution in [-0.4, -0.2) is 49.6 Å². The molecule has 1 aliphatic heterocycles. The van der Waals surface area contributed by atoms with E-state index in [9.17, 15) is 13.5 Å². The number of rotatable bonds is 4. The van der Waals surface area contributed by atoms with Crippen molar-refractivity contribution in [2.75, 3.05) is 25.1 Å². The Labute approximate surface area is 118 Å². The lowest BCUT2D eigenvalue weighted by atomic mass is 10.1. The zero-order chi connectivity index (χ0) is 14.0. The standard InChI is InChI=1S/C13H18ClNO3S/c1-15(10-6-7-19(17,18)9-10)8-13(16)11-4-2-3-5-12(11)14/h2-5,10,13,16H,6-9H2,1H3. The molecule has 0 aromatic heterocycles. The molecule has 1 fully saturated rings. The lowest BCUT2D eigenvalue weighted by molar-refractivity contribution is 0.110. The predicted octanol–water partition coefficient (Wildman–Crippen LogP) is 1.49. The van der Waals surface area contributed by atoms with Crippen LogP contribution < -0.4 is 0 Å². The van der Waals surface area contributed by atoms with Crippen LogP contribution in [0, 0.1) is 0 Å². The summed E-state index contributed by atoms with van der Waals surface area (Å²) < 4.78 is 22.9. The van der Waals surface area contributed by atoms with Crippen molar-refractivity contribution in [1.82, 2.24) is 4.90 Å². The van der Waals surface area contributed by atoms with Crippen LogP contribution in [0.4, 0.5) is 0 Å². The molecule has 2 rings (SSSR count). The smallest absolute Gasteiger partial charge is 0.151 e. The number of benzene rings is 1. The first-order valence-corrected chi connectivity index (χ1v) is 8.42. The molecular weight excluding hydrogens is 286 g/mol. The van der Waals surface area contributed by atoms with E-state index in [1.165, 1.54) is 0 Å². The van der Waals surface area contributed by atoms with Gasteiger partial charge in [-0.25, -0.2) is 8.42 Å². The van der Waals surface area contributed by atoms with Crippen molar-refractivity contribution in [2.24, 2.45) is 0 Å². The molecule has 0 radical (unpaired) electrons. The van der Waals surface area contributed by atoms with Gasteiger partial charge in [-0.05, 0) is 19.5 Å². The van der Waals surface area contributed by atoms with E-state index in [1.807, 2.05) is 24.1 Å². The van der Waals surface area contributed by atoms with Gasteiger partial charge in [-0.1, -0.05) is 29.8 Å². The van der Waals surface area contributed by atoms with Crippen LogP contribution in [0.2, 0.25) is 5.02 Å². The Balaban J connectivity index is 2.00. The molecule has 2 unspecified atom stereocenters. The highest BCUT2D eigenvalue weighted by Crippen LogP contribution is 2.25. The molecule has 0 aliphatic carbocycles. The van der Waals surface area contributed by atoms with E-state index in [-0.39, 0.29) is 17.5 Å². The van der Waals surface area contributed by atoms with E-state index in [0.717, 1.165) is 0 Å². The minimum absolute atomic E-state index is 0.0119. The first kappa shape index (κ1) is 14.8. The second-order valence-electron chi connectivity index (χ2n) is 5.03. The average molecular weight is 304 g/mol. The fraction of sp³-hybridized carbons (Fsp3) is 0.538. The topological polar surface area (TPSA) is 57.6 Å². The van der Waals surface area contributed by atoms with Crippen LogP contribution >= 0.6 is 11.6 Å². The van der Waals surface area contributed by atoms with Crippen LogP contribution in [-0.2, 0) is 9.84 Å². The van der Waals surface area contributed by atoms with Gasteiger partial charge in [0, 0.05) is 23.2 Å². The Morgan fingerprint density at radius 1 is 1.47 bits per heavy atom. The number of hydrogen-bond acceptors (Lipinski definition) is 4. The molecule has 0 saturated carbocycles. The molecule has 1 aromatic carbocycles. The van der Waals surface area contributed by atoms with Gasteiger partial charge in [-0.3, -0.25) is 4.90 Å². The van der Waals surface area contributed by atoms with E-state index in [1.54, 1.807) is 12.1 Å². The Kier molecular flexibility index (Phi) is 4.50. The zero-order valence-corrected chi connectivity index (χ0v) is 12.4. The number of halogens is 1. The van der Waals surface area contributed by atoms with Crippen molar-refractivity contribution in [3.05, 3.63) is 34.9 Å². The first-order chi connectivity index (χ1) is 8.89. The number of aliphatic hydroxyl groups is 1. The summed E-state index contributed by atoms with van der Waals surface area (Å²) in [6, 6.07) is 7.14. The van der Waals surface area contributed by atoms with Crippen molar-refractivity contribution < 1.29 is 13.5 Å². The van der Waals surface area contributed by atoms with E-state index in [0.29, 0.717) is 23.6 Å². The van der Waals surface area contributed by atoms with E-state index in [2.05, 4.69) is 0 Å². The van der Waals surface area contributed by atoms with Crippen LogP contribution in [0.1, 0.15) is 18.1 Å². The molecule has 1 saturated heterocycles. The van der Waals surface area contributed by atoms with Gasteiger partial charge >= 0.3 is 0 Å². The van der Waals surface area contributed by atoms with Gasteiger partial charge in [-0.15, -0.1) is 0 Å². The van der Waals surface area contributed by atoms with Crippen LogP contribution in [0.15, 0.2) is 24.3 Å². The second-order valence-corrected chi connectivity index (χ2v) is 7.67. The molecule has 1 aromatic rings. The third kappa shape index (κ3) is 3.69. The number of likely N-dealkylation sites (N-methyl/N-ethyl adjacent to an activating group) is 1. The van der Waals surface area contributed by atoms with Gasteiger partial charge in [0.05, 0.1) is 17.6 Å². The average Bonchev–Trinajstić information content (AvgIpc) is 2.70. The summed E-state index contributed by atoms with van der Waals surface area (Å²) in [6.07, 6.45) is -0.0735. The third-order valence-electron chi connectivity index (χ3n) is 3.56. The molecule has 6 heteroatoms. The van der Waals surface area contributed by atoms with E-state index in [4.69, 9.17) is 11.6 Å². The quantitative estimate of drug-likeness (QED) is 0.915. The molecule has 19 heavy (non-hydrogen) atoms. The molecule has 1 N–H and O–H groups in total. The minimum atomic E-state index is -2.90. The lowest BCUT2D eigenvalue weighted by Crippen LogP contribution is -2.35. The minimum Gasteiger partial charge on any atom is -0.387 e. The number of nitrogens with zero attached hydrogens (tertiary/aromatic N) is 1. The first-order valence-electron chi connectivity index (χ1n) is 6.22. The van der Waals surface area contributed by atoms with Crippen molar-refractivity contribution in [2.45, 2.75) is 18.6 Å². The molecule has 0 spiro atoms. The molecular formula is C13H18ClNO3S. The van der Waals surface area contributed by atoms with Gasteiger partial charge in [-0.2, -0.15) is 0 Å². The zero-order valence-electron chi connectivity index (χ0n) is 10.8. The maximum Gasteiger partial charge on any atom is 0.151 e. The van der Waals surface area contributed by atoms with Gasteiger partial charge in [0.2, 0.25) is 0 Å². The number of sulfone groups is 1. The predicted molar refractivity (Wildman–Crippen MR) is 76.1 cm³/mol. The summed E-state index contributed by atoms with van der Waals surface area (Å²) >= 11 is 6.03. The highest BCUT2D eigenvalue weighted by molar-refractivity contribution is 7.91. The Morgan fingerprint density at radius 3 is 2.74 bits per heavy atom. The fourth-order valence-electron chi connectivity index (χ4n) is 2.39. The number of aliphatic hydroxyl groups excluding tert-OH is 1. The largest absolute Gasteiger partial charge is 0.387 e. The highest BCUT2D eigenvalue weighted by atomic mass is 35.5. The Hall–Kier alpha value is -0.620. The highest BCUT2D eigenvalue weighted by Gasteiger charge is 2.31. The van der Waals surface area contributed by atoms with E-state index >= 15 is 0 Å². The van der Waals surface area contributed by atoms with Crippen LogP contribution in [0.25, 0.3) is 0 Å². The van der Waals surface area contributed by atoms with Crippen molar-refractivity contribution in [3.63, 3.8) is 0 Å². The Morgan fingerprint density at radius 2 is 2.16 bits per heavy atom. The third-order valence-corrected chi connectivity index (χ3v) is 5.65.